The highest BCUT2D eigenvalue weighted by Gasteiger charge is 2.83. The van der Waals surface area contributed by atoms with Gasteiger partial charge < -0.3 is 19.7 Å². The number of fused-ring (bicyclic) bond motifs is 1. The molecule has 1 saturated heterocycles. The molecule has 8 atom stereocenters. The average Bonchev–Trinajstić information content (AvgIpc) is 3.02. The van der Waals surface area contributed by atoms with E-state index in [1.54, 1.807) is 19.1 Å². The van der Waals surface area contributed by atoms with E-state index in [4.69, 9.17) is 9.47 Å². The van der Waals surface area contributed by atoms with Gasteiger partial charge in [0.1, 0.15) is 11.0 Å². The fourth-order valence-corrected chi connectivity index (χ4v) is 7.24. The van der Waals surface area contributed by atoms with Crippen LogP contribution in [0.25, 0.3) is 0 Å². The number of hydrogen-bond acceptors (Lipinski definition) is 6. The maximum absolute atomic E-state index is 13.0. The molecule has 140 valence electrons. The molecule has 0 amide bonds. The van der Waals surface area contributed by atoms with Crippen molar-refractivity contribution in [3.8, 4) is 0 Å². The van der Waals surface area contributed by atoms with E-state index in [0.29, 0.717) is 25.7 Å². The molecule has 3 saturated carbocycles. The average molecular weight is 360 g/mol. The maximum atomic E-state index is 13.0. The maximum Gasteiger partial charge on any atom is 0.316 e. The van der Waals surface area contributed by atoms with E-state index < -0.39 is 51.9 Å². The Bertz CT molecular complexity index is 787. The fraction of sp³-hybridized carbons (Fsp3) is 0.700. The van der Waals surface area contributed by atoms with E-state index in [-0.39, 0.29) is 5.92 Å². The first-order valence-electron chi connectivity index (χ1n) is 9.25. The van der Waals surface area contributed by atoms with Crippen LogP contribution in [0.4, 0.5) is 0 Å². The van der Waals surface area contributed by atoms with Gasteiger partial charge in [-0.2, -0.15) is 0 Å². The third-order valence-electron chi connectivity index (χ3n) is 8.31. The Balaban J connectivity index is 1.78. The molecule has 2 unspecified atom stereocenters. The first kappa shape index (κ1) is 16.5. The minimum atomic E-state index is -1.19. The number of hydrogen-bond donors (Lipinski definition) is 2. The zero-order chi connectivity index (χ0) is 18.7. The highest BCUT2D eigenvalue weighted by Crippen LogP contribution is 2.77. The van der Waals surface area contributed by atoms with E-state index in [1.165, 1.54) is 7.11 Å². The van der Waals surface area contributed by atoms with Gasteiger partial charge in [-0.25, -0.2) is 0 Å². The van der Waals surface area contributed by atoms with Gasteiger partial charge in [0.25, 0.3) is 0 Å². The van der Waals surface area contributed by atoms with Gasteiger partial charge in [0.15, 0.2) is 0 Å². The second kappa shape index (κ2) is 4.42. The summed E-state index contributed by atoms with van der Waals surface area (Å²) < 4.78 is 11.1. The molecule has 6 heteroatoms. The third-order valence-corrected chi connectivity index (χ3v) is 8.31. The van der Waals surface area contributed by atoms with Crippen molar-refractivity contribution < 1.29 is 29.3 Å². The molecule has 0 aromatic carbocycles. The SMILES string of the molecule is C=C1C[C@]23C[C@@]1(O)CCC2[C@@]12C=C[C@H](O)[C@](C)(C(=O)O1)C2[C@@H]3C(=O)OC. The molecule has 5 aliphatic rings. The number of carbonyl (C=O) groups excluding carboxylic acids is 2. The summed E-state index contributed by atoms with van der Waals surface area (Å²) >= 11 is 0. The Hall–Kier alpha value is -1.66. The Morgan fingerprint density at radius 3 is 2.88 bits per heavy atom. The van der Waals surface area contributed by atoms with Crippen LogP contribution in [0.5, 0.6) is 0 Å². The van der Waals surface area contributed by atoms with Gasteiger partial charge in [-0.15, -0.1) is 0 Å². The number of aliphatic hydroxyl groups excluding tert-OH is 1. The number of rotatable bonds is 1. The summed E-state index contributed by atoms with van der Waals surface area (Å²) in [5, 5.41) is 21.7. The largest absolute Gasteiger partial charge is 0.469 e. The van der Waals surface area contributed by atoms with Crippen molar-refractivity contribution in [3.05, 3.63) is 24.3 Å². The van der Waals surface area contributed by atoms with Gasteiger partial charge in [-0.05, 0) is 49.7 Å². The van der Waals surface area contributed by atoms with Gasteiger partial charge >= 0.3 is 11.9 Å². The fourth-order valence-electron chi connectivity index (χ4n) is 7.24. The molecule has 0 aromatic heterocycles. The van der Waals surface area contributed by atoms with Crippen molar-refractivity contribution in [2.45, 2.75) is 49.9 Å². The summed E-state index contributed by atoms with van der Waals surface area (Å²) in [5.41, 5.74) is -2.89. The molecule has 5 rings (SSSR count). The monoisotopic (exact) mass is 360 g/mol. The molecule has 4 aliphatic carbocycles. The van der Waals surface area contributed by atoms with E-state index in [1.807, 2.05) is 0 Å². The number of methoxy groups -OCH3 is 1. The predicted octanol–water partition coefficient (Wildman–Crippen LogP) is 1.12. The lowest BCUT2D eigenvalue weighted by atomic mass is 9.61. The summed E-state index contributed by atoms with van der Waals surface area (Å²) in [7, 11) is 1.35. The van der Waals surface area contributed by atoms with Crippen molar-refractivity contribution >= 4 is 11.9 Å². The summed E-state index contributed by atoms with van der Waals surface area (Å²) in [6.45, 7) is 5.78. The second-order valence-corrected chi connectivity index (χ2v) is 9.12. The first-order chi connectivity index (χ1) is 12.2. The van der Waals surface area contributed by atoms with Crippen LogP contribution in [-0.2, 0) is 19.1 Å². The van der Waals surface area contributed by atoms with Crippen LogP contribution in [0.15, 0.2) is 24.3 Å². The van der Waals surface area contributed by atoms with E-state index in [0.717, 1.165) is 5.57 Å². The molecular formula is C20H24O6. The van der Waals surface area contributed by atoms with Crippen LogP contribution >= 0.6 is 0 Å². The van der Waals surface area contributed by atoms with Gasteiger partial charge in [-0.3, -0.25) is 9.59 Å². The van der Waals surface area contributed by atoms with Crippen LogP contribution < -0.4 is 0 Å². The highest BCUT2D eigenvalue weighted by molar-refractivity contribution is 5.87. The molecule has 1 heterocycles. The molecule has 26 heavy (non-hydrogen) atoms. The number of aliphatic hydroxyl groups is 2. The normalized spacial score (nSPS) is 56.2. The van der Waals surface area contributed by atoms with E-state index in [2.05, 4.69) is 6.58 Å². The zero-order valence-corrected chi connectivity index (χ0v) is 15.0. The number of carbonyl (C=O) groups is 2. The number of ether oxygens (including phenoxy) is 2. The Kier molecular flexibility index (Phi) is 2.81. The van der Waals surface area contributed by atoms with Gasteiger partial charge in [0.2, 0.25) is 0 Å². The molecular weight excluding hydrogens is 336 g/mol. The molecule has 1 spiro atoms. The first-order valence-corrected chi connectivity index (χ1v) is 9.25. The van der Waals surface area contributed by atoms with Crippen LogP contribution in [0.3, 0.4) is 0 Å². The summed E-state index contributed by atoms with van der Waals surface area (Å²) in [5.74, 6) is -2.08. The molecule has 1 aliphatic heterocycles. The molecule has 0 radical (unpaired) electrons. The molecule has 4 fully saturated rings. The molecule has 6 nitrogen and oxygen atoms in total. The lowest BCUT2D eigenvalue weighted by Crippen LogP contribution is -2.50. The third kappa shape index (κ3) is 1.43. The summed E-state index contributed by atoms with van der Waals surface area (Å²) in [4.78, 5) is 25.8. The Morgan fingerprint density at radius 2 is 2.19 bits per heavy atom. The van der Waals surface area contributed by atoms with Crippen molar-refractivity contribution in [1.29, 1.82) is 0 Å². The number of esters is 2. The predicted molar refractivity (Wildman–Crippen MR) is 89.6 cm³/mol. The molecule has 0 aromatic rings. The molecule has 2 N–H and O–H groups in total. The zero-order valence-electron chi connectivity index (χ0n) is 15.0. The minimum absolute atomic E-state index is 0.0989. The molecule has 4 bridgehead atoms. The van der Waals surface area contributed by atoms with Crippen molar-refractivity contribution in [1.82, 2.24) is 0 Å². The van der Waals surface area contributed by atoms with Crippen LogP contribution in [0.1, 0.15) is 32.6 Å². The van der Waals surface area contributed by atoms with Gasteiger partial charge in [-0.1, -0.05) is 12.7 Å². The van der Waals surface area contributed by atoms with Gasteiger partial charge in [0.05, 0.1) is 24.7 Å². The van der Waals surface area contributed by atoms with Crippen LogP contribution in [0, 0.1) is 28.6 Å². The van der Waals surface area contributed by atoms with E-state index in [9.17, 15) is 19.8 Å². The highest BCUT2D eigenvalue weighted by atomic mass is 16.6. The second-order valence-electron chi connectivity index (χ2n) is 9.12. The van der Waals surface area contributed by atoms with Crippen LogP contribution in [-0.4, -0.2) is 46.6 Å². The lowest BCUT2D eigenvalue weighted by Gasteiger charge is -2.44. The van der Waals surface area contributed by atoms with Crippen molar-refractivity contribution in [2.24, 2.45) is 28.6 Å². The van der Waals surface area contributed by atoms with E-state index >= 15 is 0 Å². The standard InChI is InChI=1S/C20H24O6/c1-10-8-18-9-19(10,24)6-4-11(18)20-7-5-12(21)17(2,16(23)26-20)14(20)13(18)15(22)25-3/h5,7,11-14,21,24H,1,4,6,8-9H2,2-3H3/t11?,12-,13+,14?,17-,18-,19-,20+/m0/s1. The topological polar surface area (TPSA) is 93.1 Å². The minimum Gasteiger partial charge on any atom is -0.469 e. The summed E-state index contributed by atoms with van der Waals surface area (Å²) in [6.07, 6.45) is 4.56. The van der Waals surface area contributed by atoms with Gasteiger partial charge in [0, 0.05) is 11.8 Å². The van der Waals surface area contributed by atoms with Crippen molar-refractivity contribution in [2.75, 3.05) is 7.11 Å². The Labute approximate surface area is 151 Å². The van der Waals surface area contributed by atoms with Crippen LogP contribution in [0.2, 0.25) is 0 Å². The lowest BCUT2D eigenvalue weighted by molar-refractivity contribution is -0.164. The quantitative estimate of drug-likeness (QED) is 0.538. The van der Waals surface area contributed by atoms with Crippen molar-refractivity contribution in [3.63, 3.8) is 0 Å². The smallest absolute Gasteiger partial charge is 0.316 e. The summed E-state index contributed by atoms with van der Waals surface area (Å²) in [6, 6.07) is 0. The Morgan fingerprint density at radius 1 is 1.46 bits per heavy atom.